The van der Waals surface area contributed by atoms with Crippen molar-refractivity contribution >= 4 is 46.0 Å². The first-order chi connectivity index (χ1) is 23.1. The van der Waals surface area contributed by atoms with Gasteiger partial charge in [-0.2, -0.15) is 0 Å². The van der Waals surface area contributed by atoms with Crippen LogP contribution in [-0.4, -0.2) is 91.2 Å². The summed E-state index contributed by atoms with van der Waals surface area (Å²) in [6.07, 6.45) is 5.53. The van der Waals surface area contributed by atoms with Gasteiger partial charge < -0.3 is 34.7 Å². The quantitative estimate of drug-likeness (QED) is 0.0900. The first kappa shape index (κ1) is 35.8. The van der Waals surface area contributed by atoms with Gasteiger partial charge in [0, 0.05) is 81.3 Å². The van der Waals surface area contributed by atoms with Crippen LogP contribution in [0.2, 0.25) is 0 Å². The second-order valence-corrected chi connectivity index (χ2v) is 11.8. The summed E-state index contributed by atoms with van der Waals surface area (Å²) in [5.74, 6) is 1.25. The monoisotopic (exact) mass is 665 g/mol. The largest absolute Gasteiger partial charge is 0.455 e. The molecule has 12 nitrogen and oxygen atoms in total. The van der Waals surface area contributed by atoms with Crippen LogP contribution in [0.15, 0.2) is 65.8 Å². The average Bonchev–Trinajstić information content (AvgIpc) is 3.60. The number of nitrogens with zero attached hydrogens (tertiary/aromatic N) is 3. The van der Waals surface area contributed by atoms with Crippen LogP contribution in [0.4, 0.5) is 17.1 Å². The Morgan fingerprint density at radius 3 is 2.55 bits per heavy atom. The SMILES string of the molecule is CC.CN1CCN(c2ccc(C(=O)NSc3ccc(NCC4CCOCC4)c(NO)c3)c(Oc3cnc4[nH]ccc4c3)c2)CC1.CO. The fraction of sp³-hybridized carbons (Fsp3) is 0.412. The number of pyridine rings is 1. The molecule has 0 radical (unpaired) electrons. The Balaban J connectivity index is 0.00000120. The fourth-order valence-corrected chi connectivity index (χ4v) is 5.98. The lowest BCUT2D eigenvalue weighted by molar-refractivity contribution is 0.0699. The molecule has 0 unspecified atom stereocenters. The number of aromatic nitrogens is 2. The van der Waals surface area contributed by atoms with E-state index in [0.29, 0.717) is 28.7 Å². The number of hydrogen-bond donors (Lipinski definition) is 6. The molecule has 2 aliphatic heterocycles. The van der Waals surface area contributed by atoms with Crippen LogP contribution in [0, 0.1) is 5.92 Å². The minimum Gasteiger partial charge on any atom is -0.455 e. The molecule has 0 saturated carbocycles. The Bertz CT molecular complexity index is 1560. The molecule has 0 atom stereocenters. The highest BCUT2D eigenvalue weighted by Gasteiger charge is 2.20. The zero-order chi connectivity index (χ0) is 33.6. The molecule has 2 aromatic carbocycles. The number of H-pyrrole nitrogens is 1. The zero-order valence-corrected chi connectivity index (χ0v) is 28.4. The number of piperazine rings is 1. The number of carbonyl (C=O) groups is 1. The molecule has 2 fully saturated rings. The molecule has 0 spiro atoms. The van der Waals surface area contributed by atoms with E-state index in [2.05, 4.69) is 42.3 Å². The lowest BCUT2D eigenvalue weighted by Crippen LogP contribution is -2.44. The molecular formula is C34H47N7O5S. The Kier molecular flexibility index (Phi) is 14.0. The minimum atomic E-state index is -0.291. The van der Waals surface area contributed by atoms with Crippen molar-refractivity contribution in [2.45, 2.75) is 31.6 Å². The number of amides is 1. The highest BCUT2D eigenvalue weighted by Crippen LogP contribution is 2.33. The molecule has 4 aromatic rings. The number of nitrogens with one attached hydrogen (secondary N) is 4. The van der Waals surface area contributed by atoms with Crippen molar-refractivity contribution in [2.24, 2.45) is 5.92 Å². The molecule has 2 aliphatic rings. The number of hydrogen-bond acceptors (Lipinski definition) is 11. The maximum Gasteiger partial charge on any atom is 0.265 e. The number of aliphatic hydroxyl groups is 1. The van der Waals surface area contributed by atoms with E-state index in [1.165, 1.54) is 11.9 Å². The number of benzene rings is 2. The van der Waals surface area contributed by atoms with Crippen molar-refractivity contribution < 1.29 is 24.6 Å². The van der Waals surface area contributed by atoms with Gasteiger partial charge in [-0.25, -0.2) is 4.98 Å². The van der Waals surface area contributed by atoms with Gasteiger partial charge in [-0.1, -0.05) is 13.8 Å². The number of aromatic amines is 1. The lowest BCUT2D eigenvalue weighted by Gasteiger charge is -2.34. The molecule has 2 saturated heterocycles. The van der Waals surface area contributed by atoms with Gasteiger partial charge in [-0.3, -0.25) is 20.2 Å². The number of aliphatic hydroxyl groups excluding tert-OH is 1. The normalized spacial score (nSPS) is 15.1. The average molecular weight is 666 g/mol. The van der Waals surface area contributed by atoms with Crippen LogP contribution in [0.1, 0.15) is 37.0 Å². The molecular weight excluding hydrogens is 618 g/mol. The number of rotatable bonds is 10. The number of ether oxygens (including phenoxy) is 2. The van der Waals surface area contributed by atoms with Gasteiger partial charge in [0.2, 0.25) is 0 Å². The van der Waals surface area contributed by atoms with Gasteiger partial charge >= 0.3 is 0 Å². The van der Waals surface area contributed by atoms with Gasteiger partial charge in [0.05, 0.1) is 23.1 Å². The minimum absolute atomic E-state index is 0.291. The summed E-state index contributed by atoms with van der Waals surface area (Å²) >= 11 is 1.18. The van der Waals surface area contributed by atoms with Gasteiger partial charge in [-0.05, 0) is 80.2 Å². The molecule has 0 bridgehead atoms. The molecule has 0 aliphatic carbocycles. The lowest BCUT2D eigenvalue weighted by atomic mass is 10.0. The van der Waals surface area contributed by atoms with Crippen LogP contribution in [0.3, 0.4) is 0 Å². The maximum absolute atomic E-state index is 13.5. The summed E-state index contributed by atoms with van der Waals surface area (Å²) in [7, 11) is 3.12. The third-order valence-corrected chi connectivity index (χ3v) is 8.75. The Labute approximate surface area is 280 Å². The second-order valence-electron chi connectivity index (χ2n) is 10.9. The number of fused-ring (bicyclic) bond motifs is 1. The van der Waals surface area contributed by atoms with Crippen molar-refractivity contribution in [1.29, 1.82) is 0 Å². The van der Waals surface area contributed by atoms with Crippen LogP contribution >= 0.6 is 11.9 Å². The number of carbonyl (C=O) groups excluding carboxylic acids is 1. The Morgan fingerprint density at radius 2 is 1.81 bits per heavy atom. The van der Waals surface area contributed by atoms with Crippen molar-refractivity contribution in [1.82, 2.24) is 19.6 Å². The maximum atomic E-state index is 13.5. The first-order valence-corrected chi connectivity index (χ1v) is 16.8. The van der Waals surface area contributed by atoms with E-state index in [-0.39, 0.29) is 5.91 Å². The molecule has 6 N–H and O–H groups in total. The highest BCUT2D eigenvalue weighted by atomic mass is 32.2. The van der Waals surface area contributed by atoms with Crippen LogP contribution in [0.25, 0.3) is 11.0 Å². The summed E-state index contributed by atoms with van der Waals surface area (Å²) in [6.45, 7) is 10.1. The van der Waals surface area contributed by atoms with Gasteiger partial charge in [0.25, 0.3) is 5.91 Å². The molecule has 47 heavy (non-hydrogen) atoms. The second kappa shape index (κ2) is 18.4. The van der Waals surface area contributed by atoms with E-state index >= 15 is 0 Å². The van der Waals surface area contributed by atoms with E-state index in [1.807, 2.05) is 62.5 Å². The molecule has 2 aromatic heterocycles. The van der Waals surface area contributed by atoms with E-state index in [4.69, 9.17) is 14.6 Å². The Hall–Kier alpha value is -4.01. The van der Waals surface area contributed by atoms with E-state index < -0.39 is 0 Å². The standard InChI is InChI=1S/C31H37N7O4S.C2H6.CH4O/c1-37-10-12-38(13-11-37)23-2-4-26(29(17-23)42-24-16-22-6-9-32-30(22)34-20-24)31(39)36-43-25-3-5-27(28(18-25)35-40)33-19-21-7-14-41-15-8-21;2*1-2/h2-6,9,16-18,20-21,33,35,40H,7-8,10-15,19H2,1H3,(H,32,34)(H,36,39);1-2H3;2H,1H3. The van der Waals surface area contributed by atoms with Crippen molar-refractivity contribution in [3.8, 4) is 11.5 Å². The van der Waals surface area contributed by atoms with Crippen molar-refractivity contribution in [3.63, 3.8) is 0 Å². The summed E-state index contributed by atoms with van der Waals surface area (Å²) in [4.78, 5) is 26.4. The van der Waals surface area contributed by atoms with Crippen molar-refractivity contribution in [3.05, 3.63) is 66.5 Å². The van der Waals surface area contributed by atoms with Gasteiger partial charge in [0.1, 0.15) is 17.1 Å². The van der Waals surface area contributed by atoms with E-state index in [9.17, 15) is 10.0 Å². The summed E-state index contributed by atoms with van der Waals surface area (Å²) in [6, 6.07) is 15.1. The highest BCUT2D eigenvalue weighted by molar-refractivity contribution is 7.98. The van der Waals surface area contributed by atoms with Crippen LogP contribution in [0.5, 0.6) is 11.5 Å². The number of anilines is 3. The Morgan fingerprint density at radius 1 is 1.04 bits per heavy atom. The van der Waals surface area contributed by atoms with Crippen LogP contribution in [-0.2, 0) is 4.74 Å². The number of likely N-dealkylation sites (N-methyl/N-ethyl adjacent to an activating group) is 1. The van der Waals surface area contributed by atoms with Crippen molar-refractivity contribution in [2.75, 3.05) is 75.8 Å². The third-order valence-electron chi connectivity index (χ3n) is 7.98. The summed E-state index contributed by atoms with van der Waals surface area (Å²) < 4.78 is 14.7. The van der Waals surface area contributed by atoms with E-state index in [1.54, 1.807) is 12.3 Å². The molecule has 254 valence electrons. The molecule has 13 heteroatoms. The molecule has 6 rings (SSSR count). The topological polar surface area (TPSA) is 147 Å². The molecule has 4 heterocycles. The third kappa shape index (κ3) is 9.75. The first-order valence-electron chi connectivity index (χ1n) is 16.0. The molecule has 1 amide bonds. The fourth-order valence-electron chi connectivity index (χ4n) is 5.35. The zero-order valence-electron chi connectivity index (χ0n) is 27.6. The summed E-state index contributed by atoms with van der Waals surface area (Å²) in [5.41, 5.74) is 5.81. The van der Waals surface area contributed by atoms with Gasteiger partial charge in [0.15, 0.2) is 0 Å². The predicted molar refractivity (Wildman–Crippen MR) is 189 cm³/mol. The summed E-state index contributed by atoms with van der Waals surface area (Å²) in [5, 5.41) is 21.1. The van der Waals surface area contributed by atoms with Gasteiger partial charge in [-0.15, -0.1) is 0 Å². The van der Waals surface area contributed by atoms with E-state index in [0.717, 1.165) is 93.2 Å². The smallest absolute Gasteiger partial charge is 0.265 e. The predicted octanol–water partition coefficient (Wildman–Crippen LogP) is 5.82. The van der Waals surface area contributed by atoms with Crippen LogP contribution < -0.4 is 25.2 Å².